The van der Waals surface area contributed by atoms with Crippen LogP contribution in [0.2, 0.25) is 0 Å². The van der Waals surface area contributed by atoms with Crippen molar-refractivity contribution in [3.8, 4) is 0 Å². The lowest BCUT2D eigenvalue weighted by Crippen LogP contribution is -2.26. The van der Waals surface area contributed by atoms with Crippen molar-refractivity contribution in [2.45, 2.75) is 45.2 Å². The Hall–Kier alpha value is -0.910. The van der Waals surface area contributed by atoms with Crippen LogP contribution in [0, 0.1) is 0 Å². The summed E-state index contributed by atoms with van der Waals surface area (Å²) in [6, 6.07) is 8.24. The van der Waals surface area contributed by atoms with Crippen molar-refractivity contribution in [1.29, 1.82) is 0 Å². The molecule has 1 aromatic rings. The van der Waals surface area contributed by atoms with Gasteiger partial charge in [-0.05, 0) is 37.1 Å². The van der Waals surface area contributed by atoms with Gasteiger partial charge in [0, 0.05) is 13.1 Å². The topological polar surface area (TPSA) is 49.4 Å². The molecule has 1 N–H and O–H groups in total. The summed E-state index contributed by atoms with van der Waals surface area (Å²) in [6.45, 7) is 3.75. The summed E-state index contributed by atoms with van der Waals surface area (Å²) in [7, 11) is -3.12. The van der Waals surface area contributed by atoms with E-state index in [0.29, 0.717) is 6.54 Å². The van der Waals surface area contributed by atoms with Crippen molar-refractivity contribution in [3.63, 3.8) is 0 Å². The normalized spacial score (nSPS) is 18.1. The fourth-order valence-electron chi connectivity index (χ4n) is 2.71. The van der Waals surface area contributed by atoms with Gasteiger partial charge in [0.2, 0.25) is 10.0 Å². The Labute approximate surface area is 128 Å². The molecule has 4 nitrogen and oxygen atoms in total. The Morgan fingerprint density at radius 3 is 2.05 bits per heavy atom. The van der Waals surface area contributed by atoms with E-state index in [1.807, 2.05) is 12.1 Å². The van der Waals surface area contributed by atoms with Crippen molar-refractivity contribution < 1.29 is 8.42 Å². The van der Waals surface area contributed by atoms with E-state index in [9.17, 15) is 8.42 Å². The van der Waals surface area contributed by atoms with Gasteiger partial charge >= 0.3 is 0 Å². The van der Waals surface area contributed by atoms with E-state index in [0.717, 1.165) is 12.1 Å². The second-order valence-corrected chi connectivity index (χ2v) is 7.79. The minimum absolute atomic E-state index is 0.364. The third-order valence-corrected chi connectivity index (χ3v) is 4.59. The maximum Gasteiger partial charge on any atom is 0.209 e. The van der Waals surface area contributed by atoms with E-state index < -0.39 is 10.0 Å². The van der Waals surface area contributed by atoms with Crippen molar-refractivity contribution >= 4 is 10.0 Å². The summed E-state index contributed by atoms with van der Waals surface area (Å²) in [6.07, 6.45) is 7.88. The van der Waals surface area contributed by atoms with Gasteiger partial charge in [-0.2, -0.15) is 0 Å². The Bertz CT molecular complexity index is 518. The molecule has 21 heavy (non-hydrogen) atoms. The van der Waals surface area contributed by atoms with Crippen molar-refractivity contribution in [2.24, 2.45) is 0 Å². The van der Waals surface area contributed by atoms with E-state index in [4.69, 9.17) is 0 Å². The molecule has 2 rings (SSSR count). The summed E-state index contributed by atoms with van der Waals surface area (Å²) in [5.41, 5.74) is 2.30. The maximum atomic E-state index is 11.1. The summed E-state index contributed by atoms with van der Waals surface area (Å²) >= 11 is 0. The average Bonchev–Trinajstić information content (AvgIpc) is 2.40. The molecule has 1 saturated heterocycles. The highest BCUT2D eigenvalue weighted by Crippen LogP contribution is 2.14. The molecule has 0 bridgehead atoms. The Balaban J connectivity index is 1.86. The first-order chi connectivity index (χ1) is 10.0. The third-order valence-electron chi connectivity index (χ3n) is 3.92. The maximum absolute atomic E-state index is 11.1. The highest BCUT2D eigenvalue weighted by Gasteiger charge is 2.08. The van der Waals surface area contributed by atoms with E-state index in [1.54, 1.807) is 0 Å². The number of likely N-dealkylation sites (tertiary alicyclic amines) is 1. The van der Waals surface area contributed by atoms with Gasteiger partial charge in [-0.3, -0.25) is 4.90 Å². The van der Waals surface area contributed by atoms with Gasteiger partial charge in [-0.1, -0.05) is 43.5 Å². The van der Waals surface area contributed by atoms with Crippen LogP contribution in [-0.4, -0.2) is 32.7 Å². The van der Waals surface area contributed by atoms with E-state index in [1.165, 1.54) is 57.0 Å². The number of benzene rings is 1. The van der Waals surface area contributed by atoms with Crippen LogP contribution in [0.1, 0.15) is 43.2 Å². The molecular formula is C16H26N2O2S. The van der Waals surface area contributed by atoms with E-state index in [2.05, 4.69) is 21.8 Å². The van der Waals surface area contributed by atoms with Gasteiger partial charge < -0.3 is 0 Å². The Kier molecular flexibility index (Phi) is 6.21. The zero-order valence-electron chi connectivity index (χ0n) is 12.8. The molecule has 0 spiro atoms. The number of nitrogens with one attached hydrogen (secondary N) is 1. The summed E-state index contributed by atoms with van der Waals surface area (Å²) in [5.74, 6) is 0. The van der Waals surface area contributed by atoms with E-state index >= 15 is 0 Å². The first kappa shape index (κ1) is 16.5. The minimum atomic E-state index is -3.12. The van der Waals surface area contributed by atoms with Gasteiger partial charge in [0.1, 0.15) is 0 Å². The molecule has 5 heteroatoms. The summed E-state index contributed by atoms with van der Waals surface area (Å²) < 4.78 is 24.7. The van der Waals surface area contributed by atoms with Crippen LogP contribution in [0.4, 0.5) is 0 Å². The van der Waals surface area contributed by atoms with Crippen molar-refractivity contribution in [3.05, 3.63) is 35.4 Å². The molecule has 1 aromatic carbocycles. The predicted molar refractivity (Wildman–Crippen MR) is 86.5 cm³/mol. The Morgan fingerprint density at radius 1 is 0.952 bits per heavy atom. The molecule has 1 heterocycles. The van der Waals surface area contributed by atoms with Crippen LogP contribution >= 0.6 is 0 Å². The van der Waals surface area contributed by atoms with Gasteiger partial charge in [0.05, 0.1) is 6.26 Å². The lowest BCUT2D eigenvalue weighted by molar-refractivity contribution is 0.240. The molecule has 0 aliphatic carbocycles. The Morgan fingerprint density at radius 2 is 1.48 bits per heavy atom. The van der Waals surface area contributed by atoms with Crippen LogP contribution < -0.4 is 4.72 Å². The molecule has 0 atom stereocenters. The van der Waals surface area contributed by atoms with Crippen molar-refractivity contribution in [2.75, 3.05) is 19.3 Å². The minimum Gasteiger partial charge on any atom is -0.299 e. The first-order valence-electron chi connectivity index (χ1n) is 7.78. The third kappa shape index (κ3) is 6.59. The molecule has 0 unspecified atom stereocenters. The second kappa shape index (κ2) is 7.92. The van der Waals surface area contributed by atoms with Crippen LogP contribution in [0.15, 0.2) is 24.3 Å². The standard InChI is InChI=1S/C16H26N2O2S/c1-21(19,20)17-13-15-7-9-16(10-8-15)14-18-11-5-3-2-4-6-12-18/h7-10,17H,2-6,11-14H2,1H3. The smallest absolute Gasteiger partial charge is 0.209 e. The van der Waals surface area contributed by atoms with Crippen LogP contribution in [0.25, 0.3) is 0 Å². The highest BCUT2D eigenvalue weighted by atomic mass is 32.2. The zero-order valence-corrected chi connectivity index (χ0v) is 13.7. The van der Waals surface area contributed by atoms with E-state index in [-0.39, 0.29) is 0 Å². The molecule has 0 radical (unpaired) electrons. The van der Waals surface area contributed by atoms with Crippen LogP contribution in [0.3, 0.4) is 0 Å². The van der Waals surface area contributed by atoms with Crippen molar-refractivity contribution in [1.82, 2.24) is 9.62 Å². The number of rotatable bonds is 5. The molecule has 1 aliphatic rings. The first-order valence-corrected chi connectivity index (χ1v) is 9.67. The number of hydrogen-bond acceptors (Lipinski definition) is 3. The van der Waals surface area contributed by atoms with Gasteiger partial charge in [0.25, 0.3) is 0 Å². The SMILES string of the molecule is CS(=O)(=O)NCc1ccc(CN2CCCCCCC2)cc1. The lowest BCUT2D eigenvalue weighted by Gasteiger charge is -2.24. The fourth-order valence-corrected chi connectivity index (χ4v) is 3.14. The second-order valence-electron chi connectivity index (χ2n) is 5.95. The van der Waals surface area contributed by atoms with Crippen LogP contribution in [0.5, 0.6) is 0 Å². The molecule has 118 valence electrons. The average molecular weight is 310 g/mol. The summed E-state index contributed by atoms with van der Waals surface area (Å²) in [4.78, 5) is 2.53. The highest BCUT2D eigenvalue weighted by molar-refractivity contribution is 7.88. The molecule has 1 fully saturated rings. The molecule has 0 saturated carbocycles. The molecular weight excluding hydrogens is 284 g/mol. The predicted octanol–water partition coefficient (Wildman–Crippen LogP) is 2.50. The number of sulfonamides is 1. The number of nitrogens with zero attached hydrogens (tertiary/aromatic N) is 1. The van der Waals surface area contributed by atoms with Gasteiger partial charge in [-0.25, -0.2) is 13.1 Å². The molecule has 0 aromatic heterocycles. The molecule has 0 amide bonds. The summed E-state index contributed by atoms with van der Waals surface area (Å²) in [5, 5.41) is 0. The number of hydrogen-bond donors (Lipinski definition) is 1. The fraction of sp³-hybridized carbons (Fsp3) is 0.625. The largest absolute Gasteiger partial charge is 0.299 e. The quantitative estimate of drug-likeness (QED) is 0.909. The monoisotopic (exact) mass is 310 g/mol. The van der Waals surface area contributed by atoms with Gasteiger partial charge in [0.15, 0.2) is 0 Å². The van der Waals surface area contributed by atoms with Gasteiger partial charge in [-0.15, -0.1) is 0 Å². The lowest BCUT2D eigenvalue weighted by atomic mass is 10.1. The van der Waals surface area contributed by atoms with Crippen LogP contribution in [-0.2, 0) is 23.1 Å². The molecule has 1 aliphatic heterocycles. The zero-order chi connectivity index (χ0) is 15.1.